The lowest BCUT2D eigenvalue weighted by Gasteiger charge is -2.35. The summed E-state index contributed by atoms with van der Waals surface area (Å²) in [6.07, 6.45) is 14.1. The highest BCUT2D eigenvalue weighted by molar-refractivity contribution is 7.19. The van der Waals surface area contributed by atoms with Gasteiger partial charge in [0.25, 0.3) is 0 Å². The summed E-state index contributed by atoms with van der Waals surface area (Å²) in [5, 5.41) is 14.6. The van der Waals surface area contributed by atoms with Crippen LogP contribution in [0.3, 0.4) is 0 Å². The Bertz CT molecular complexity index is 2870. The Hall–Kier alpha value is -5.43. The number of likely N-dealkylation sites (N-methyl/N-ethyl adjacent to an activating group) is 2. The maximum atomic E-state index is 14.0. The van der Waals surface area contributed by atoms with Crippen LogP contribution in [0, 0.1) is 11.8 Å². The second kappa shape index (κ2) is 24.3. The lowest BCUT2D eigenvalue weighted by Crippen LogP contribution is -2.56. The molecule has 0 spiro atoms. The fourth-order valence-corrected chi connectivity index (χ4v) is 13.2. The molecule has 3 saturated heterocycles. The third kappa shape index (κ3) is 11.8. The minimum Gasteiger partial charge on any atom is -0.381 e. The molecule has 6 aromatic rings. The average Bonchev–Trinajstić information content (AvgIpc) is 4.28. The number of aromatic nitrogens is 4. The molecule has 1 saturated carbocycles. The number of pyridine rings is 2. The lowest BCUT2D eigenvalue weighted by atomic mass is 9.83. The maximum Gasteiger partial charge on any atom is 0.246 e. The van der Waals surface area contributed by atoms with Gasteiger partial charge in [-0.15, -0.1) is 22.7 Å². The molecule has 4 aliphatic rings. The number of fused-ring (bicyclic) bond motifs is 2. The van der Waals surface area contributed by atoms with Crippen LogP contribution in [0.4, 0.5) is 0 Å². The normalized spacial score (nSPS) is 20.3. The van der Waals surface area contributed by atoms with Crippen LogP contribution in [0.5, 0.6) is 0 Å². The van der Waals surface area contributed by atoms with Crippen LogP contribution in [0.15, 0.2) is 79.1 Å². The zero-order chi connectivity index (χ0) is 51.0. The van der Waals surface area contributed by atoms with Gasteiger partial charge in [-0.1, -0.05) is 79.4 Å². The molecule has 386 valence electrons. The third-order valence-corrected chi connectivity index (χ3v) is 17.7. The van der Waals surface area contributed by atoms with E-state index in [1.165, 1.54) is 6.42 Å². The number of amides is 4. The molecule has 18 heteroatoms. The monoisotopic (exact) mass is 1050 g/mol. The molecule has 1 aliphatic carbocycles. The first-order valence-electron chi connectivity index (χ1n) is 26.0. The third-order valence-electron chi connectivity index (χ3n) is 15.1. The van der Waals surface area contributed by atoms with Gasteiger partial charge in [0.05, 0.1) is 50.0 Å². The van der Waals surface area contributed by atoms with E-state index < -0.39 is 12.1 Å². The molecule has 10 rings (SSSR count). The first kappa shape index (κ1) is 52.4. The summed E-state index contributed by atoms with van der Waals surface area (Å²) < 4.78 is 7.63. The van der Waals surface area contributed by atoms with Gasteiger partial charge in [0.2, 0.25) is 23.6 Å². The summed E-state index contributed by atoms with van der Waals surface area (Å²) in [5.41, 5.74) is 5.19. The van der Waals surface area contributed by atoms with Gasteiger partial charge in [0.1, 0.15) is 33.1 Å². The number of nitrogens with one attached hydrogen (secondary N) is 4. The van der Waals surface area contributed by atoms with E-state index in [0.717, 1.165) is 117 Å². The van der Waals surface area contributed by atoms with Crippen molar-refractivity contribution in [3.05, 3.63) is 94.2 Å². The number of rotatable bonds is 14. The number of hydrogen-bond acceptors (Lipinski definition) is 13. The smallest absolute Gasteiger partial charge is 0.246 e. The Morgan fingerprint density at radius 2 is 1.11 bits per heavy atom. The van der Waals surface area contributed by atoms with Crippen LogP contribution < -0.4 is 21.3 Å². The zero-order valence-electron chi connectivity index (χ0n) is 42.1. The molecule has 6 atom stereocenters. The van der Waals surface area contributed by atoms with Crippen LogP contribution in [0.25, 0.3) is 42.9 Å². The Morgan fingerprint density at radius 1 is 0.616 bits per heavy atom. The first-order chi connectivity index (χ1) is 35.5. The van der Waals surface area contributed by atoms with Gasteiger partial charge in [0, 0.05) is 49.8 Å². The predicted octanol–water partition coefficient (Wildman–Crippen LogP) is 8.89. The van der Waals surface area contributed by atoms with E-state index in [2.05, 4.69) is 43.4 Å². The van der Waals surface area contributed by atoms with Crippen molar-refractivity contribution in [1.29, 1.82) is 0 Å². The Labute approximate surface area is 440 Å². The number of hydrogen-bond donors (Lipinski definition) is 4. The largest absolute Gasteiger partial charge is 0.381 e. The van der Waals surface area contributed by atoms with Gasteiger partial charge in [-0.2, -0.15) is 0 Å². The van der Waals surface area contributed by atoms with E-state index in [0.29, 0.717) is 31.3 Å². The van der Waals surface area contributed by atoms with Crippen molar-refractivity contribution < 1.29 is 23.9 Å². The van der Waals surface area contributed by atoms with Crippen molar-refractivity contribution >= 4 is 78.3 Å². The van der Waals surface area contributed by atoms with Gasteiger partial charge in [-0.25, -0.2) is 9.97 Å². The standard InChI is InChI=1S/C28H35N5O2S.C27H32ClN5O3S/c1-18(29-2)26(34)31-24(20-12-7-4-8-13-20)28(35)33-17-9-14-21(33)27-32-25-22(36-27)15-16-30-23(25)19-10-5-3-6-11-19;1-16(29-2)25(34)31-22(17-10-14-36-15-11-17)27(35)33-13-5-8-20(33)26-32-24-21(37-26)9-12-30-23(24)18-6-3-4-7-19(18)28/h3,5-6,10-11,15-16,18,20-21,24,29H,4,7-9,12-14,17H2,1-2H3,(H,31,34);3-4,6-7,9,12,16-17,20,22,29H,5,8,10-11,13-15H2,1-2H3,(H,31,34)/t18-,21-,24-;16-,20-,22-/m00/s1. The SMILES string of the molecule is CN[C@@H](C)C(=O)N[C@H](C(=O)N1CCC[C@H]1c1nc2c(-c3ccccc3)nccc2s1)C1CCCCC1.CN[C@@H](C)C(=O)N[C@H](C(=O)N1CCC[C@H]1c1nc2c(-c3ccccc3Cl)nccc2s1)C1CCOCC1. The molecule has 4 fully saturated rings. The summed E-state index contributed by atoms with van der Waals surface area (Å²) in [7, 11) is 3.51. The summed E-state index contributed by atoms with van der Waals surface area (Å²) in [4.78, 5) is 76.9. The fourth-order valence-electron chi connectivity index (χ4n) is 10.7. The van der Waals surface area contributed by atoms with Gasteiger partial charge in [0.15, 0.2) is 0 Å². The maximum absolute atomic E-state index is 14.0. The number of ether oxygens (including phenoxy) is 1. The Kier molecular flexibility index (Phi) is 17.4. The highest BCUT2D eigenvalue weighted by Crippen LogP contribution is 2.42. The second-order valence-electron chi connectivity index (χ2n) is 19.7. The summed E-state index contributed by atoms with van der Waals surface area (Å²) in [6.45, 7) is 6.17. The number of likely N-dealkylation sites (tertiary alicyclic amines) is 2. The Morgan fingerprint density at radius 3 is 1.64 bits per heavy atom. The van der Waals surface area contributed by atoms with Crippen LogP contribution in [0.2, 0.25) is 5.02 Å². The van der Waals surface area contributed by atoms with Crippen LogP contribution in [0.1, 0.15) is 107 Å². The molecule has 0 unspecified atom stereocenters. The van der Waals surface area contributed by atoms with Gasteiger partial charge in [-0.3, -0.25) is 29.1 Å². The molecule has 7 heterocycles. The lowest BCUT2D eigenvalue weighted by molar-refractivity contribution is -0.140. The minimum absolute atomic E-state index is 0.0326. The number of carbonyl (C=O) groups is 4. The van der Waals surface area contributed by atoms with Crippen LogP contribution >= 0.6 is 34.3 Å². The van der Waals surface area contributed by atoms with Crippen LogP contribution in [-0.4, -0.2) is 118 Å². The molecule has 73 heavy (non-hydrogen) atoms. The van der Waals surface area contributed by atoms with Crippen molar-refractivity contribution in [1.82, 2.24) is 51.0 Å². The van der Waals surface area contributed by atoms with E-state index in [-0.39, 0.29) is 59.6 Å². The highest BCUT2D eigenvalue weighted by Gasteiger charge is 2.42. The van der Waals surface area contributed by atoms with E-state index in [9.17, 15) is 19.2 Å². The van der Waals surface area contributed by atoms with Gasteiger partial charge in [-0.05, 0) is 109 Å². The number of halogens is 1. The fraction of sp³-hybridized carbons (Fsp3) is 0.491. The quantitative estimate of drug-likeness (QED) is 0.0818. The molecule has 4 amide bonds. The second-order valence-corrected chi connectivity index (χ2v) is 22.2. The molecule has 3 aliphatic heterocycles. The summed E-state index contributed by atoms with van der Waals surface area (Å²) in [6, 6.07) is 19.7. The summed E-state index contributed by atoms with van der Waals surface area (Å²) >= 11 is 9.72. The molecule has 2 aromatic carbocycles. The van der Waals surface area contributed by atoms with E-state index in [4.69, 9.17) is 26.3 Å². The van der Waals surface area contributed by atoms with E-state index in [1.54, 1.807) is 49.9 Å². The molecular formula is C55H67ClN10O5S2. The minimum atomic E-state index is -0.581. The van der Waals surface area contributed by atoms with E-state index in [1.807, 2.05) is 77.5 Å². The van der Waals surface area contributed by atoms with Crippen molar-refractivity contribution in [2.45, 2.75) is 121 Å². The van der Waals surface area contributed by atoms with Crippen molar-refractivity contribution in [3.63, 3.8) is 0 Å². The predicted molar refractivity (Wildman–Crippen MR) is 289 cm³/mol. The first-order valence-corrected chi connectivity index (χ1v) is 28.0. The highest BCUT2D eigenvalue weighted by atomic mass is 35.5. The zero-order valence-corrected chi connectivity index (χ0v) is 44.5. The average molecular weight is 1050 g/mol. The number of nitrogens with zero attached hydrogens (tertiary/aromatic N) is 6. The molecule has 4 N–H and O–H groups in total. The number of thiazole rings is 2. The molecule has 4 aromatic heterocycles. The van der Waals surface area contributed by atoms with E-state index >= 15 is 0 Å². The van der Waals surface area contributed by atoms with Crippen molar-refractivity contribution in [2.75, 3.05) is 40.4 Å². The molecule has 0 bridgehead atoms. The topological polar surface area (TPSA) is 184 Å². The summed E-state index contributed by atoms with van der Waals surface area (Å²) in [5.74, 6) is -0.0441. The van der Waals surface area contributed by atoms with Crippen molar-refractivity contribution in [2.24, 2.45) is 11.8 Å². The van der Waals surface area contributed by atoms with Crippen molar-refractivity contribution in [3.8, 4) is 22.5 Å². The Balaban J connectivity index is 0.000000180. The van der Waals surface area contributed by atoms with Gasteiger partial charge < -0.3 is 35.8 Å². The number of benzene rings is 2. The molecule has 0 radical (unpaired) electrons. The molecule has 15 nitrogen and oxygen atoms in total. The van der Waals surface area contributed by atoms with Crippen LogP contribution in [-0.2, 0) is 23.9 Å². The number of carbonyl (C=O) groups excluding carboxylic acids is 4. The van der Waals surface area contributed by atoms with Gasteiger partial charge >= 0.3 is 0 Å². The molecular weight excluding hydrogens is 980 g/mol.